The highest BCUT2D eigenvalue weighted by molar-refractivity contribution is 8.00. The number of hydrogen-bond donors (Lipinski definition) is 1. The number of ether oxygens (including phenoxy) is 1. The van der Waals surface area contributed by atoms with Gasteiger partial charge >= 0.3 is 5.97 Å². The van der Waals surface area contributed by atoms with Crippen LogP contribution in [-0.4, -0.2) is 40.4 Å². The fourth-order valence-corrected chi connectivity index (χ4v) is 5.11. The molecule has 0 radical (unpaired) electrons. The minimum Gasteiger partial charge on any atom is -0.459 e. The minimum atomic E-state index is -0.422. The maximum absolute atomic E-state index is 12.4. The molecule has 35 heavy (non-hydrogen) atoms. The first-order chi connectivity index (χ1) is 16.8. The third kappa shape index (κ3) is 5.97. The molecule has 0 unspecified atom stereocenters. The Morgan fingerprint density at radius 2 is 1.86 bits per heavy atom. The second-order valence-corrected chi connectivity index (χ2v) is 10.2. The highest BCUT2D eigenvalue weighted by atomic mass is 32.2. The summed E-state index contributed by atoms with van der Waals surface area (Å²) in [5, 5.41) is 3.44. The molecular weight excluding hydrogens is 462 g/mol. The van der Waals surface area contributed by atoms with Crippen LogP contribution in [0.15, 0.2) is 58.6 Å². The Morgan fingerprint density at radius 1 is 1.14 bits per heavy atom. The molecule has 0 atom stereocenters. The van der Waals surface area contributed by atoms with Crippen molar-refractivity contribution in [2.45, 2.75) is 49.9 Å². The average Bonchev–Trinajstić information content (AvgIpc) is 2.85. The van der Waals surface area contributed by atoms with Crippen LogP contribution in [0.25, 0.3) is 11.3 Å². The predicted octanol–water partition coefficient (Wildman–Crippen LogP) is 5.76. The molecule has 3 aromatic rings. The third-order valence-corrected chi connectivity index (χ3v) is 7.10. The Balaban J connectivity index is 1.58. The molecule has 1 aliphatic heterocycles. The number of rotatable bonds is 7. The highest BCUT2D eigenvalue weighted by Gasteiger charge is 2.26. The van der Waals surface area contributed by atoms with E-state index in [4.69, 9.17) is 10.5 Å². The Kier molecular flexibility index (Phi) is 7.65. The van der Waals surface area contributed by atoms with Crippen molar-refractivity contribution >= 4 is 35.2 Å². The standard InChI is InChI=1S/C26H29N5O3S/c1-16(2)34-26(32)19-6-4-5-18(15-19)22-25(29-23(27)24(28-22)30-33)31-13-11-21(12-14-31)35-20-9-7-17(3)8-10-20/h4-10,15-16,21H,11-14H2,1-3H3,(H2,27,29). The molecule has 0 amide bonds. The molecular formula is C26H29N5O3S. The molecule has 0 bridgehead atoms. The van der Waals surface area contributed by atoms with Gasteiger partial charge in [0.1, 0.15) is 5.69 Å². The van der Waals surface area contributed by atoms with Crippen molar-refractivity contribution in [2.75, 3.05) is 23.7 Å². The summed E-state index contributed by atoms with van der Waals surface area (Å²) in [6, 6.07) is 15.6. The summed E-state index contributed by atoms with van der Waals surface area (Å²) < 4.78 is 5.33. The lowest BCUT2D eigenvalue weighted by Crippen LogP contribution is -2.36. The number of carbonyl (C=O) groups is 1. The van der Waals surface area contributed by atoms with Crippen molar-refractivity contribution in [3.8, 4) is 11.3 Å². The number of benzene rings is 2. The van der Waals surface area contributed by atoms with Gasteiger partial charge in [0.2, 0.25) is 5.82 Å². The van der Waals surface area contributed by atoms with E-state index in [0.29, 0.717) is 27.9 Å². The molecule has 9 heteroatoms. The number of hydrogen-bond acceptors (Lipinski definition) is 9. The molecule has 2 aromatic carbocycles. The normalized spacial score (nSPS) is 14.2. The first kappa shape index (κ1) is 24.7. The van der Waals surface area contributed by atoms with Crippen LogP contribution in [0.2, 0.25) is 0 Å². The number of nitrogens with two attached hydrogens (primary N) is 1. The SMILES string of the molecule is Cc1ccc(SC2CCN(c3nc(N)c(N=O)nc3-c3cccc(C(=O)OC(C)C)c3)CC2)cc1. The Hall–Kier alpha value is -3.46. The largest absolute Gasteiger partial charge is 0.459 e. The van der Waals surface area contributed by atoms with Gasteiger partial charge in [0.25, 0.3) is 0 Å². The van der Waals surface area contributed by atoms with Gasteiger partial charge in [0.15, 0.2) is 11.6 Å². The van der Waals surface area contributed by atoms with Gasteiger partial charge in [-0.2, -0.15) is 0 Å². The van der Waals surface area contributed by atoms with E-state index in [0.717, 1.165) is 25.9 Å². The van der Waals surface area contributed by atoms with Gasteiger partial charge in [-0.3, -0.25) is 0 Å². The van der Waals surface area contributed by atoms with Gasteiger partial charge in [-0.15, -0.1) is 16.7 Å². The number of esters is 1. The van der Waals surface area contributed by atoms with E-state index in [1.165, 1.54) is 10.5 Å². The zero-order chi connectivity index (χ0) is 24.9. The van der Waals surface area contributed by atoms with E-state index in [2.05, 4.69) is 51.2 Å². The van der Waals surface area contributed by atoms with Crippen molar-refractivity contribution in [3.63, 3.8) is 0 Å². The van der Waals surface area contributed by atoms with Crippen LogP contribution in [-0.2, 0) is 4.74 Å². The van der Waals surface area contributed by atoms with E-state index >= 15 is 0 Å². The number of piperidine rings is 1. The molecule has 182 valence electrons. The summed E-state index contributed by atoms with van der Waals surface area (Å²) in [4.78, 5) is 36.1. The quantitative estimate of drug-likeness (QED) is 0.328. The molecule has 4 rings (SSSR count). The van der Waals surface area contributed by atoms with Crippen LogP contribution in [0, 0.1) is 11.8 Å². The fourth-order valence-electron chi connectivity index (χ4n) is 3.98. The zero-order valence-corrected chi connectivity index (χ0v) is 20.9. The number of carbonyl (C=O) groups excluding carboxylic acids is 1. The van der Waals surface area contributed by atoms with Crippen LogP contribution in [0.1, 0.15) is 42.6 Å². The van der Waals surface area contributed by atoms with Crippen molar-refractivity contribution < 1.29 is 9.53 Å². The number of nitroso groups, excluding NO2 is 1. The van der Waals surface area contributed by atoms with Crippen LogP contribution >= 0.6 is 11.8 Å². The van der Waals surface area contributed by atoms with Gasteiger partial charge in [-0.05, 0) is 63.1 Å². The number of thioether (sulfide) groups is 1. The topological polar surface area (TPSA) is 111 Å². The molecule has 1 aromatic heterocycles. The Labute approximate surface area is 209 Å². The molecule has 2 heterocycles. The Bertz CT molecular complexity index is 1210. The fraction of sp³-hybridized carbons (Fsp3) is 0.346. The zero-order valence-electron chi connectivity index (χ0n) is 20.1. The van der Waals surface area contributed by atoms with Crippen molar-refractivity contribution in [1.82, 2.24) is 9.97 Å². The van der Waals surface area contributed by atoms with Crippen molar-refractivity contribution in [1.29, 1.82) is 0 Å². The van der Waals surface area contributed by atoms with Gasteiger partial charge in [-0.25, -0.2) is 14.8 Å². The smallest absolute Gasteiger partial charge is 0.338 e. The maximum Gasteiger partial charge on any atom is 0.338 e. The van der Waals surface area contributed by atoms with Gasteiger partial charge in [0.05, 0.1) is 11.7 Å². The molecule has 0 spiro atoms. The summed E-state index contributed by atoms with van der Waals surface area (Å²) in [6.45, 7) is 7.23. The molecule has 1 fully saturated rings. The van der Waals surface area contributed by atoms with Crippen LogP contribution < -0.4 is 10.6 Å². The summed E-state index contributed by atoms with van der Waals surface area (Å²) in [6.07, 6.45) is 1.70. The summed E-state index contributed by atoms with van der Waals surface area (Å²) in [7, 11) is 0. The van der Waals surface area contributed by atoms with E-state index in [-0.39, 0.29) is 17.7 Å². The number of nitrogens with zero attached hydrogens (tertiary/aromatic N) is 4. The second-order valence-electron chi connectivity index (χ2n) is 8.85. The van der Waals surface area contributed by atoms with Crippen LogP contribution in [0.4, 0.5) is 17.5 Å². The van der Waals surface area contributed by atoms with E-state index in [9.17, 15) is 9.70 Å². The van der Waals surface area contributed by atoms with E-state index < -0.39 is 5.97 Å². The first-order valence-corrected chi connectivity index (χ1v) is 12.5. The number of anilines is 2. The van der Waals surface area contributed by atoms with Crippen molar-refractivity contribution in [3.05, 3.63) is 64.6 Å². The Morgan fingerprint density at radius 3 is 2.51 bits per heavy atom. The average molecular weight is 492 g/mol. The molecule has 2 N–H and O–H groups in total. The molecule has 1 saturated heterocycles. The molecule has 8 nitrogen and oxygen atoms in total. The number of aryl methyl sites for hydroxylation is 1. The van der Waals surface area contributed by atoms with E-state index in [1.54, 1.807) is 32.0 Å². The lowest BCUT2D eigenvalue weighted by atomic mass is 10.1. The summed E-state index contributed by atoms with van der Waals surface area (Å²) >= 11 is 1.90. The van der Waals surface area contributed by atoms with Gasteiger partial charge in [0, 0.05) is 28.8 Å². The molecule has 0 aliphatic carbocycles. The molecule has 0 saturated carbocycles. The minimum absolute atomic E-state index is 0.00900. The third-order valence-electron chi connectivity index (χ3n) is 5.75. The second kappa shape index (κ2) is 10.9. The monoisotopic (exact) mass is 491 g/mol. The predicted molar refractivity (Wildman–Crippen MR) is 140 cm³/mol. The highest BCUT2D eigenvalue weighted by Crippen LogP contribution is 2.36. The van der Waals surface area contributed by atoms with E-state index in [1.807, 2.05) is 17.8 Å². The summed E-state index contributed by atoms with van der Waals surface area (Å²) in [5.74, 6) is -0.00783. The number of nitrogen functional groups attached to an aromatic ring is 1. The lowest BCUT2D eigenvalue weighted by molar-refractivity contribution is 0.0378. The van der Waals surface area contributed by atoms with Gasteiger partial charge < -0.3 is 15.4 Å². The molecule has 1 aliphatic rings. The maximum atomic E-state index is 12.4. The summed E-state index contributed by atoms with van der Waals surface area (Å²) in [5.41, 5.74) is 8.75. The van der Waals surface area contributed by atoms with Crippen molar-refractivity contribution in [2.24, 2.45) is 5.18 Å². The first-order valence-electron chi connectivity index (χ1n) is 11.6. The van der Waals surface area contributed by atoms with Crippen LogP contribution in [0.5, 0.6) is 0 Å². The van der Waals surface area contributed by atoms with Gasteiger partial charge in [-0.1, -0.05) is 29.8 Å². The number of aromatic nitrogens is 2. The van der Waals surface area contributed by atoms with Crippen LogP contribution in [0.3, 0.4) is 0 Å². The lowest BCUT2D eigenvalue weighted by Gasteiger charge is -2.33.